The van der Waals surface area contributed by atoms with Gasteiger partial charge in [-0.1, -0.05) is 25.0 Å². The van der Waals surface area contributed by atoms with E-state index in [9.17, 15) is 0 Å². The summed E-state index contributed by atoms with van der Waals surface area (Å²) in [5.41, 5.74) is 3.87. The number of halogens is 1. The Hall–Kier alpha value is -2.03. The van der Waals surface area contributed by atoms with Crippen molar-refractivity contribution in [1.82, 2.24) is 15.6 Å². The highest BCUT2D eigenvalue weighted by molar-refractivity contribution is 14.0. The van der Waals surface area contributed by atoms with Gasteiger partial charge < -0.3 is 20.3 Å². The fourth-order valence-electron chi connectivity index (χ4n) is 4.26. The normalized spacial score (nSPS) is 15.9. The maximum atomic E-state index is 5.60. The van der Waals surface area contributed by atoms with Crippen molar-refractivity contribution in [2.75, 3.05) is 37.7 Å². The lowest BCUT2D eigenvalue weighted by Gasteiger charge is -2.21. The molecule has 0 bridgehead atoms. The van der Waals surface area contributed by atoms with Crippen molar-refractivity contribution in [2.24, 2.45) is 4.99 Å². The zero-order valence-corrected chi connectivity index (χ0v) is 21.4. The van der Waals surface area contributed by atoms with E-state index >= 15 is 0 Å². The van der Waals surface area contributed by atoms with Crippen LogP contribution in [0.3, 0.4) is 0 Å². The maximum absolute atomic E-state index is 5.60. The van der Waals surface area contributed by atoms with Crippen molar-refractivity contribution < 1.29 is 4.74 Å². The zero-order valence-electron chi connectivity index (χ0n) is 19.1. The van der Waals surface area contributed by atoms with E-state index in [1.165, 1.54) is 42.4 Å². The molecule has 0 atom stereocenters. The lowest BCUT2D eigenvalue weighted by molar-refractivity contribution is 0.357. The summed E-state index contributed by atoms with van der Waals surface area (Å²) in [7, 11) is 0. The lowest BCUT2D eigenvalue weighted by Crippen LogP contribution is -2.38. The second-order valence-corrected chi connectivity index (χ2v) is 8.34. The molecule has 6 nitrogen and oxygen atoms in total. The van der Waals surface area contributed by atoms with Gasteiger partial charge in [0.25, 0.3) is 0 Å². The highest BCUT2D eigenvalue weighted by atomic mass is 127. The number of guanidine groups is 1. The number of hydrogen-bond donors (Lipinski definition) is 2. The average Bonchev–Trinajstić information content (AvgIpc) is 3.09. The zero-order chi connectivity index (χ0) is 21.3. The minimum Gasteiger partial charge on any atom is -0.493 e. The van der Waals surface area contributed by atoms with Crippen molar-refractivity contribution in [1.29, 1.82) is 0 Å². The number of nitrogens with zero attached hydrogens (tertiary/aromatic N) is 3. The van der Waals surface area contributed by atoms with Gasteiger partial charge in [0, 0.05) is 38.8 Å². The molecule has 0 saturated carbocycles. The Kier molecular flexibility index (Phi) is 9.89. The number of ether oxygens (including phenoxy) is 1. The smallest absolute Gasteiger partial charge is 0.191 e. The monoisotopic (exact) mass is 549 g/mol. The molecule has 0 aliphatic carbocycles. The summed E-state index contributed by atoms with van der Waals surface area (Å²) in [6, 6.07) is 10.8. The number of rotatable bonds is 7. The van der Waals surface area contributed by atoms with Gasteiger partial charge in [-0.3, -0.25) is 0 Å². The summed E-state index contributed by atoms with van der Waals surface area (Å²) in [4.78, 5) is 11.8. The Morgan fingerprint density at radius 2 is 1.91 bits per heavy atom. The summed E-state index contributed by atoms with van der Waals surface area (Å²) < 4.78 is 5.60. The summed E-state index contributed by atoms with van der Waals surface area (Å²) in [5.74, 6) is 3.00. The molecule has 4 rings (SSSR count). The molecule has 1 aromatic heterocycles. The van der Waals surface area contributed by atoms with Crippen LogP contribution in [0.5, 0.6) is 5.75 Å². The second-order valence-electron chi connectivity index (χ2n) is 8.34. The molecule has 2 aromatic rings. The van der Waals surface area contributed by atoms with E-state index in [0.29, 0.717) is 6.54 Å². The molecule has 0 radical (unpaired) electrons. The molecule has 0 unspecified atom stereocenters. The third-order valence-corrected chi connectivity index (χ3v) is 5.96. The van der Waals surface area contributed by atoms with Crippen LogP contribution in [0.1, 0.15) is 49.3 Å². The molecule has 0 spiro atoms. The van der Waals surface area contributed by atoms with Crippen molar-refractivity contribution in [2.45, 2.75) is 52.0 Å². The maximum Gasteiger partial charge on any atom is 0.191 e. The second kappa shape index (κ2) is 12.9. The van der Waals surface area contributed by atoms with Crippen LogP contribution in [0.15, 0.2) is 41.5 Å². The van der Waals surface area contributed by atoms with Crippen LogP contribution in [0, 0.1) is 0 Å². The first kappa shape index (κ1) is 24.6. The Morgan fingerprint density at radius 3 is 2.72 bits per heavy atom. The highest BCUT2D eigenvalue weighted by Crippen LogP contribution is 2.25. The number of nitrogens with one attached hydrogen (secondary N) is 2. The van der Waals surface area contributed by atoms with Gasteiger partial charge in [0.05, 0.1) is 13.2 Å². The van der Waals surface area contributed by atoms with Gasteiger partial charge in [-0.25, -0.2) is 9.98 Å². The number of benzene rings is 1. The Bertz CT molecular complexity index is 880. The van der Waals surface area contributed by atoms with Gasteiger partial charge in [0.2, 0.25) is 0 Å². The molecule has 1 aromatic carbocycles. The van der Waals surface area contributed by atoms with E-state index in [4.69, 9.17) is 9.73 Å². The van der Waals surface area contributed by atoms with Crippen molar-refractivity contribution in [3.63, 3.8) is 0 Å². The molecule has 3 heterocycles. The predicted molar refractivity (Wildman–Crippen MR) is 142 cm³/mol. The fourth-order valence-corrected chi connectivity index (χ4v) is 4.26. The van der Waals surface area contributed by atoms with Gasteiger partial charge in [0.15, 0.2) is 5.96 Å². The van der Waals surface area contributed by atoms with E-state index in [1.54, 1.807) is 0 Å². The Morgan fingerprint density at radius 1 is 1.06 bits per heavy atom. The summed E-state index contributed by atoms with van der Waals surface area (Å²) in [6.07, 6.45) is 9.08. The van der Waals surface area contributed by atoms with E-state index in [-0.39, 0.29) is 24.0 Å². The van der Waals surface area contributed by atoms with Gasteiger partial charge in [-0.15, -0.1) is 24.0 Å². The van der Waals surface area contributed by atoms with Gasteiger partial charge in [-0.2, -0.15) is 0 Å². The lowest BCUT2D eigenvalue weighted by atomic mass is 10.1. The van der Waals surface area contributed by atoms with Crippen molar-refractivity contribution in [3.05, 3.63) is 53.2 Å². The first-order valence-corrected chi connectivity index (χ1v) is 11.8. The SMILES string of the molecule is CCNC(=NCc1ccnc(N2CCCCCC2)c1)NCCc1ccc2c(c1)CCO2.I. The molecule has 2 N–H and O–H groups in total. The van der Waals surface area contributed by atoms with E-state index < -0.39 is 0 Å². The van der Waals surface area contributed by atoms with Crippen LogP contribution in [-0.4, -0.2) is 43.7 Å². The van der Waals surface area contributed by atoms with Crippen LogP contribution in [0.4, 0.5) is 5.82 Å². The van der Waals surface area contributed by atoms with Crippen LogP contribution < -0.4 is 20.3 Å². The molecule has 32 heavy (non-hydrogen) atoms. The summed E-state index contributed by atoms with van der Waals surface area (Å²) in [6.45, 7) is 7.47. The number of pyridine rings is 1. The quantitative estimate of drug-likeness (QED) is 0.306. The van der Waals surface area contributed by atoms with E-state index in [2.05, 4.69) is 57.8 Å². The molecular weight excluding hydrogens is 513 g/mol. The van der Waals surface area contributed by atoms with Gasteiger partial charge in [0.1, 0.15) is 11.6 Å². The number of aromatic nitrogens is 1. The van der Waals surface area contributed by atoms with Crippen molar-refractivity contribution in [3.8, 4) is 5.75 Å². The molecule has 1 fully saturated rings. The molecule has 174 valence electrons. The number of anilines is 1. The van der Waals surface area contributed by atoms with E-state index in [0.717, 1.165) is 63.2 Å². The number of hydrogen-bond acceptors (Lipinski definition) is 4. The summed E-state index contributed by atoms with van der Waals surface area (Å²) in [5, 5.41) is 6.83. The Labute approximate surface area is 209 Å². The van der Waals surface area contributed by atoms with Gasteiger partial charge >= 0.3 is 0 Å². The molecular formula is C25H36IN5O. The molecule has 0 amide bonds. The topological polar surface area (TPSA) is 61.8 Å². The standard InChI is InChI=1S/C25H35N5O.HI/c1-2-26-25(28-13-9-20-7-8-23-22(17-20)11-16-31-23)29-19-21-10-12-27-24(18-21)30-14-5-3-4-6-15-30;/h7-8,10,12,17-18H,2-6,9,11,13-16,19H2,1H3,(H2,26,28,29);1H. The van der Waals surface area contributed by atoms with E-state index in [1.807, 2.05) is 6.20 Å². The first-order valence-electron chi connectivity index (χ1n) is 11.8. The third kappa shape index (κ3) is 6.98. The molecule has 2 aliphatic heterocycles. The first-order chi connectivity index (χ1) is 15.3. The predicted octanol–water partition coefficient (Wildman–Crippen LogP) is 4.31. The molecule has 7 heteroatoms. The largest absolute Gasteiger partial charge is 0.493 e. The number of aliphatic imine (C=N–C) groups is 1. The minimum absolute atomic E-state index is 0. The third-order valence-electron chi connectivity index (χ3n) is 5.96. The molecule has 1 saturated heterocycles. The van der Waals surface area contributed by atoms with Crippen LogP contribution in [0.2, 0.25) is 0 Å². The minimum atomic E-state index is 0. The van der Waals surface area contributed by atoms with Crippen molar-refractivity contribution >= 4 is 35.8 Å². The average molecular weight is 550 g/mol. The number of fused-ring (bicyclic) bond motifs is 1. The van der Waals surface area contributed by atoms with Gasteiger partial charge in [-0.05, 0) is 61.1 Å². The van der Waals surface area contributed by atoms with Crippen LogP contribution >= 0.6 is 24.0 Å². The Balaban J connectivity index is 0.00000289. The molecule has 2 aliphatic rings. The van der Waals surface area contributed by atoms with Crippen LogP contribution in [0.25, 0.3) is 0 Å². The highest BCUT2D eigenvalue weighted by Gasteiger charge is 2.12. The van der Waals surface area contributed by atoms with Crippen LogP contribution in [-0.2, 0) is 19.4 Å². The fraction of sp³-hybridized carbons (Fsp3) is 0.520. The summed E-state index contributed by atoms with van der Waals surface area (Å²) >= 11 is 0.